The van der Waals surface area contributed by atoms with Crippen molar-refractivity contribution in [1.29, 1.82) is 0 Å². The lowest BCUT2D eigenvalue weighted by Crippen LogP contribution is -2.19. The molecule has 148 valence electrons. The molecule has 0 bridgehead atoms. The monoisotopic (exact) mass is 406 g/mol. The molecule has 0 saturated carbocycles. The molecule has 1 aliphatic rings. The quantitative estimate of drug-likeness (QED) is 0.519. The Balaban J connectivity index is 1.79. The average molecular weight is 407 g/mol. The number of anilines is 1. The average Bonchev–Trinajstić information content (AvgIpc) is 3.19. The van der Waals surface area contributed by atoms with E-state index >= 15 is 0 Å². The number of rotatable bonds is 5. The van der Waals surface area contributed by atoms with Gasteiger partial charge in [-0.05, 0) is 36.2 Å². The van der Waals surface area contributed by atoms with Gasteiger partial charge in [-0.2, -0.15) is 5.10 Å². The normalized spacial score (nSPS) is 15.9. The second-order valence-electron chi connectivity index (χ2n) is 7.02. The second kappa shape index (κ2) is 8.18. The number of hydrazone groups is 1. The smallest absolute Gasteiger partial charge is 0.179 e. The molecule has 0 fully saturated rings. The van der Waals surface area contributed by atoms with Crippen molar-refractivity contribution in [3.05, 3.63) is 88.4 Å². The highest BCUT2D eigenvalue weighted by molar-refractivity contribution is 6.33. The van der Waals surface area contributed by atoms with Gasteiger partial charge in [0.2, 0.25) is 0 Å². The van der Waals surface area contributed by atoms with Gasteiger partial charge in [0, 0.05) is 6.42 Å². The number of methoxy groups -OCH3 is 2. The zero-order chi connectivity index (χ0) is 20.4. The van der Waals surface area contributed by atoms with E-state index in [2.05, 4.69) is 43.3 Å². The summed E-state index contributed by atoms with van der Waals surface area (Å²) in [5, 5.41) is 7.57. The topological polar surface area (TPSA) is 34.1 Å². The summed E-state index contributed by atoms with van der Waals surface area (Å²) < 4.78 is 10.9. The number of halogens is 1. The zero-order valence-corrected chi connectivity index (χ0v) is 17.5. The molecule has 0 aliphatic carbocycles. The van der Waals surface area contributed by atoms with Gasteiger partial charge in [0.15, 0.2) is 11.5 Å². The van der Waals surface area contributed by atoms with Crippen LogP contribution in [0.25, 0.3) is 0 Å². The lowest BCUT2D eigenvalue weighted by atomic mass is 9.97. The predicted octanol–water partition coefficient (Wildman–Crippen LogP) is 6.02. The van der Waals surface area contributed by atoms with Gasteiger partial charge in [-0.15, -0.1) is 0 Å². The van der Waals surface area contributed by atoms with Gasteiger partial charge in [-0.1, -0.05) is 65.7 Å². The molecule has 0 N–H and O–H groups in total. The molecule has 1 atom stereocenters. The third-order valence-electron chi connectivity index (χ3n) is 5.19. The van der Waals surface area contributed by atoms with E-state index in [0.29, 0.717) is 16.5 Å². The van der Waals surface area contributed by atoms with E-state index in [1.165, 1.54) is 5.56 Å². The molecule has 0 aromatic heterocycles. The Hall–Kier alpha value is -2.98. The predicted molar refractivity (Wildman–Crippen MR) is 119 cm³/mol. The van der Waals surface area contributed by atoms with Crippen LogP contribution in [-0.2, 0) is 0 Å². The number of nitrogens with zero attached hydrogens (tertiary/aromatic N) is 2. The summed E-state index contributed by atoms with van der Waals surface area (Å²) in [7, 11) is 3.21. The molecule has 0 amide bonds. The zero-order valence-electron chi connectivity index (χ0n) is 16.7. The largest absolute Gasteiger partial charge is 0.493 e. The van der Waals surface area contributed by atoms with Crippen molar-refractivity contribution in [2.75, 3.05) is 19.2 Å². The second-order valence-corrected chi connectivity index (χ2v) is 7.40. The number of aryl methyl sites for hydroxylation is 1. The van der Waals surface area contributed by atoms with E-state index in [0.717, 1.165) is 28.9 Å². The summed E-state index contributed by atoms with van der Waals surface area (Å²) in [6.07, 6.45) is 0.743. The highest BCUT2D eigenvalue weighted by Gasteiger charge is 2.32. The molecule has 0 saturated heterocycles. The Labute approximate surface area is 176 Å². The van der Waals surface area contributed by atoms with Crippen molar-refractivity contribution in [1.82, 2.24) is 0 Å². The highest BCUT2D eigenvalue weighted by Crippen LogP contribution is 2.45. The van der Waals surface area contributed by atoms with Gasteiger partial charge in [-0.3, -0.25) is 5.01 Å². The molecule has 3 aromatic rings. The Bertz CT molecular complexity index is 1030. The minimum Gasteiger partial charge on any atom is -0.493 e. The summed E-state index contributed by atoms with van der Waals surface area (Å²) in [4.78, 5) is 0. The maximum Gasteiger partial charge on any atom is 0.179 e. The van der Waals surface area contributed by atoms with Crippen LogP contribution < -0.4 is 14.5 Å². The van der Waals surface area contributed by atoms with Crippen molar-refractivity contribution in [3.63, 3.8) is 0 Å². The number of benzene rings is 3. The van der Waals surface area contributed by atoms with Gasteiger partial charge in [0.05, 0.1) is 36.7 Å². The lowest BCUT2D eigenvalue weighted by Gasteiger charge is -2.25. The molecule has 0 radical (unpaired) electrons. The SMILES string of the molecule is COc1ccc(C2CC(c3ccc(C)cc3)=NN2c2ccccc2)c(Cl)c1OC. The molecule has 4 rings (SSSR count). The van der Waals surface area contributed by atoms with Gasteiger partial charge in [0.25, 0.3) is 0 Å². The summed E-state index contributed by atoms with van der Waals surface area (Å²) >= 11 is 6.76. The van der Waals surface area contributed by atoms with Crippen molar-refractivity contribution in [3.8, 4) is 11.5 Å². The Morgan fingerprint density at radius 3 is 2.31 bits per heavy atom. The Morgan fingerprint density at radius 1 is 0.931 bits per heavy atom. The third kappa shape index (κ3) is 3.68. The summed E-state index contributed by atoms with van der Waals surface area (Å²) in [6, 6.07) is 22.5. The van der Waals surface area contributed by atoms with Crippen LogP contribution in [0.2, 0.25) is 5.02 Å². The van der Waals surface area contributed by atoms with E-state index in [1.54, 1.807) is 14.2 Å². The van der Waals surface area contributed by atoms with Crippen LogP contribution in [-0.4, -0.2) is 19.9 Å². The van der Waals surface area contributed by atoms with Crippen LogP contribution >= 0.6 is 11.6 Å². The highest BCUT2D eigenvalue weighted by atomic mass is 35.5. The van der Waals surface area contributed by atoms with E-state index in [-0.39, 0.29) is 6.04 Å². The summed E-state index contributed by atoms with van der Waals surface area (Å²) in [5.74, 6) is 1.16. The van der Waals surface area contributed by atoms with Gasteiger partial charge in [-0.25, -0.2) is 0 Å². The van der Waals surface area contributed by atoms with Crippen molar-refractivity contribution in [2.45, 2.75) is 19.4 Å². The Morgan fingerprint density at radius 2 is 1.66 bits per heavy atom. The lowest BCUT2D eigenvalue weighted by molar-refractivity contribution is 0.354. The van der Waals surface area contributed by atoms with Crippen LogP contribution in [0.3, 0.4) is 0 Å². The fraction of sp³-hybridized carbons (Fsp3) is 0.208. The standard InChI is InChI=1S/C24H23ClN2O2/c1-16-9-11-17(12-10-16)20-15-21(27(26-20)18-7-5-4-6-8-18)19-13-14-22(28-2)24(29-3)23(19)25/h4-14,21H,15H2,1-3H3. The van der Waals surface area contributed by atoms with E-state index in [9.17, 15) is 0 Å². The molecule has 1 heterocycles. The van der Waals surface area contributed by atoms with Gasteiger partial charge >= 0.3 is 0 Å². The molecule has 4 nitrogen and oxygen atoms in total. The third-order valence-corrected chi connectivity index (χ3v) is 5.58. The molecule has 1 unspecified atom stereocenters. The maximum atomic E-state index is 6.76. The fourth-order valence-corrected chi connectivity index (χ4v) is 4.01. The first kappa shape index (κ1) is 19.3. The number of ether oxygens (including phenoxy) is 2. The molecule has 29 heavy (non-hydrogen) atoms. The summed E-state index contributed by atoms with van der Waals surface area (Å²) in [6.45, 7) is 2.09. The maximum absolute atomic E-state index is 6.76. The van der Waals surface area contributed by atoms with Crippen molar-refractivity contribution in [2.24, 2.45) is 5.10 Å². The fourth-order valence-electron chi connectivity index (χ4n) is 3.65. The van der Waals surface area contributed by atoms with Crippen LogP contribution in [0.4, 0.5) is 5.69 Å². The van der Waals surface area contributed by atoms with Crippen LogP contribution in [0.5, 0.6) is 11.5 Å². The minimum absolute atomic E-state index is 0.0407. The van der Waals surface area contributed by atoms with Crippen LogP contribution in [0.15, 0.2) is 71.8 Å². The number of hydrogen-bond donors (Lipinski definition) is 0. The van der Waals surface area contributed by atoms with Crippen molar-refractivity contribution >= 4 is 23.0 Å². The van der Waals surface area contributed by atoms with Crippen LogP contribution in [0.1, 0.15) is 29.2 Å². The van der Waals surface area contributed by atoms with Gasteiger partial charge in [0.1, 0.15) is 0 Å². The van der Waals surface area contributed by atoms with E-state index < -0.39 is 0 Å². The molecular weight excluding hydrogens is 384 g/mol. The first-order valence-electron chi connectivity index (χ1n) is 9.51. The molecule has 0 spiro atoms. The molecule has 5 heteroatoms. The molecule has 3 aromatic carbocycles. The first-order chi connectivity index (χ1) is 14.1. The van der Waals surface area contributed by atoms with Crippen LogP contribution in [0, 0.1) is 6.92 Å². The number of hydrogen-bond acceptors (Lipinski definition) is 4. The van der Waals surface area contributed by atoms with Gasteiger partial charge < -0.3 is 9.47 Å². The van der Waals surface area contributed by atoms with E-state index in [1.807, 2.05) is 35.3 Å². The molecule has 1 aliphatic heterocycles. The number of para-hydroxylation sites is 1. The Kier molecular flexibility index (Phi) is 5.45. The van der Waals surface area contributed by atoms with Crippen molar-refractivity contribution < 1.29 is 9.47 Å². The minimum atomic E-state index is -0.0407. The molecular formula is C24H23ClN2O2. The first-order valence-corrected chi connectivity index (χ1v) is 9.89. The summed E-state index contributed by atoms with van der Waals surface area (Å²) in [5.41, 5.74) is 5.36. The van der Waals surface area contributed by atoms with E-state index in [4.69, 9.17) is 26.2 Å².